The zero-order chi connectivity index (χ0) is 19.0. The van der Waals surface area contributed by atoms with Crippen molar-refractivity contribution in [1.82, 2.24) is 15.0 Å². The van der Waals surface area contributed by atoms with Crippen LogP contribution in [0.2, 0.25) is 0 Å². The van der Waals surface area contributed by atoms with Gasteiger partial charge in [-0.3, -0.25) is 14.6 Å². The first-order valence-electron chi connectivity index (χ1n) is 9.57. The zero-order valence-electron chi connectivity index (χ0n) is 16.2. The molecule has 0 saturated carbocycles. The maximum Gasteiger partial charge on any atom is 0.227 e. The Balaban J connectivity index is 1.46. The van der Waals surface area contributed by atoms with Crippen molar-refractivity contribution in [2.24, 2.45) is 5.92 Å². The molecule has 0 amide bonds. The molecule has 3 aliphatic heterocycles. The molecule has 146 valence electrons. The van der Waals surface area contributed by atoms with Crippen molar-refractivity contribution in [3.8, 4) is 5.75 Å². The molecule has 0 aromatic carbocycles. The lowest BCUT2D eigenvalue weighted by atomic mass is 9.95. The van der Waals surface area contributed by atoms with Gasteiger partial charge in [-0.25, -0.2) is 0 Å². The number of nitrogens with zero attached hydrogens (tertiary/aromatic N) is 3. The molecule has 0 aliphatic carbocycles. The first-order chi connectivity index (χ1) is 13.0. The molecule has 27 heavy (non-hydrogen) atoms. The van der Waals surface area contributed by atoms with Gasteiger partial charge in [-0.2, -0.15) is 0 Å². The van der Waals surface area contributed by atoms with E-state index in [0.29, 0.717) is 24.3 Å². The van der Waals surface area contributed by atoms with Crippen LogP contribution in [0.3, 0.4) is 0 Å². The topological polar surface area (TPSA) is 72.0 Å². The Morgan fingerprint density at radius 3 is 2.78 bits per heavy atom. The van der Waals surface area contributed by atoms with Gasteiger partial charge in [-0.1, -0.05) is 5.16 Å². The van der Waals surface area contributed by atoms with Crippen LogP contribution in [0.4, 0.5) is 0 Å². The summed E-state index contributed by atoms with van der Waals surface area (Å²) in [7, 11) is 1.48. The SMILES string of the molecule is COc1coc(CN2C[C@H]3CC[C@@H]2CN(Cc2c(C)noc2C)C3)cc1=O. The lowest BCUT2D eigenvalue weighted by molar-refractivity contribution is 0.113. The van der Waals surface area contributed by atoms with Crippen LogP contribution < -0.4 is 10.2 Å². The summed E-state index contributed by atoms with van der Waals surface area (Å²) in [6.45, 7) is 8.69. The second-order valence-corrected chi connectivity index (χ2v) is 7.80. The fourth-order valence-corrected chi connectivity index (χ4v) is 4.42. The van der Waals surface area contributed by atoms with Gasteiger partial charge >= 0.3 is 0 Å². The quantitative estimate of drug-likeness (QED) is 0.796. The molecule has 7 heteroatoms. The van der Waals surface area contributed by atoms with Crippen molar-refractivity contribution in [2.75, 3.05) is 26.7 Å². The molecule has 5 heterocycles. The van der Waals surface area contributed by atoms with Crippen LogP contribution in [0, 0.1) is 19.8 Å². The van der Waals surface area contributed by atoms with Crippen molar-refractivity contribution >= 4 is 0 Å². The molecule has 0 spiro atoms. The van der Waals surface area contributed by atoms with E-state index in [4.69, 9.17) is 13.7 Å². The van der Waals surface area contributed by atoms with Crippen LogP contribution in [-0.2, 0) is 13.1 Å². The van der Waals surface area contributed by atoms with Crippen molar-refractivity contribution in [1.29, 1.82) is 0 Å². The molecule has 3 aliphatic rings. The van der Waals surface area contributed by atoms with Crippen LogP contribution in [0.25, 0.3) is 0 Å². The highest BCUT2D eigenvalue weighted by Gasteiger charge is 2.35. The van der Waals surface area contributed by atoms with E-state index in [1.54, 1.807) is 6.07 Å². The Morgan fingerprint density at radius 1 is 1.22 bits per heavy atom. The number of piperidine rings is 1. The molecular weight excluding hydrogens is 346 g/mol. The monoisotopic (exact) mass is 373 g/mol. The van der Waals surface area contributed by atoms with Crippen LogP contribution >= 0.6 is 0 Å². The number of aryl methyl sites for hydroxylation is 2. The third-order valence-corrected chi connectivity index (χ3v) is 5.90. The Kier molecular flexibility index (Phi) is 5.06. The summed E-state index contributed by atoms with van der Waals surface area (Å²) < 4.78 is 16.0. The van der Waals surface area contributed by atoms with Crippen LogP contribution in [-0.4, -0.2) is 47.7 Å². The Bertz CT molecular complexity index is 840. The standard InChI is InChI=1S/C20H27N3O4/c1-13-18(14(2)27-21-13)11-22-7-15-4-5-16(9-22)23(8-15)10-17-6-19(24)20(25-3)12-26-17/h6,12,15-16H,4-5,7-11H2,1-3H3/t15-,16+/m0/s1. The van der Waals surface area contributed by atoms with Crippen molar-refractivity contribution in [3.63, 3.8) is 0 Å². The van der Waals surface area contributed by atoms with Gasteiger partial charge in [0.15, 0.2) is 0 Å². The number of rotatable bonds is 5. The highest BCUT2D eigenvalue weighted by Crippen LogP contribution is 2.30. The number of fused-ring (bicyclic) bond motifs is 4. The minimum absolute atomic E-state index is 0.126. The molecule has 2 aromatic heterocycles. The average Bonchev–Trinajstić information content (AvgIpc) is 2.81. The highest BCUT2D eigenvalue weighted by molar-refractivity contribution is 5.21. The summed E-state index contributed by atoms with van der Waals surface area (Å²) in [5, 5.41) is 4.09. The van der Waals surface area contributed by atoms with E-state index < -0.39 is 0 Å². The zero-order valence-corrected chi connectivity index (χ0v) is 16.2. The summed E-state index contributed by atoms with van der Waals surface area (Å²) in [4.78, 5) is 17.0. The fraction of sp³-hybridized carbons (Fsp3) is 0.600. The van der Waals surface area contributed by atoms with Gasteiger partial charge in [0, 0.05) is 43.9 Å². The number of hydrogen-bond donors (Lipinski definition) is 0. The van der Waals surface area contributed by atoms with E-state index in [1.807, 2.05) is 13.8 Å². The van der Waals surface area contributed by atoms with E-state index in [9.17, 15) is 4.79 Å². The second kappa shape index (κ2) is 7.48. The summed E-state index contributed by atoms with van der Waals surface area (Å²) >= 11 is 0. The van der Waals surface area contributed by atoms with Crippen LogP contribution in [0.15, 0.2) is 26.1 Å². The average molecular weight is 373 g/mol. The van der Waals surface area contributed by atoms with Gasteiger partial charge in [-0.15, -0.1) is 0 Å². The molecule has 3 fully saturated rings. The van der Waals surface area contributed by atoms with E-state index in [1.165, 1.54) is 31.8 Å². The summed E-state index contributed by atoms with van der Waals surface area (Å²) in [6.07, 6.45) is 3.85. The number of aromatic nitrogens is 1. The third-order valence-electron chi connectivity index (χ3n) is 5.90. The van der Waals surface area contributed by atoms with Gasteiger partial charge in [0.2, 0.25) is 11.2 Å². The van der Waals surface area contributed by atoms with Crippen LogP contribution in [0.1, 0.15) is 35.6 Å². The number of methoxy groups -OCH3 is 1. The normalized spacial score (nSPS) is 23.5. The van der Waals surface area contributed by atoms with E-state index >= 15 is 0 Å². The Morgan fingerprint density at radius 2 is 2.07 bits per heavy atom. The Hall–Kier alpha value is -2.12. The number of hydrogen-bond acceptors (Lipinski definition) is 7. The first kappa shape index (κ1) is 18.3. The largest absolute Gasteiger partial charge is 0.490 e. The third kappa shape index (κ3) is 3.80. The summed E-state index contributed by atoms with van der Waals surface area (Å²) in [5.74, 6) is 2.50. The summed E-state index contributed by atoms with van der Waals surface area (Å²) in [6, 6.07) is 2.02. The smallest absolute Gasteiger partial charge is 0.227 e. The van der Waals surface area contributed by atoms with E-state index in [0.717, 1.165) is 37.6 Å². The molecule has 5 rings (SSSR count). The maximum atomic E-state index is 12.0. The molecule has 2 atom stereocenters. The van der Waals surface area contributed by atoms with Crippen molar-refractivity contribution in [3.05, 3.63) is 45.3 Å². The van der Waals surface area contributed by atoms with Crippen molar-refractivity contribution in [2.45, 2.75) is 45.8 Å². The van der Waals surface area contributed by atoms with Gasteiger partial charge in [0.25, 0.3) is 0 Å². The number of ether oxygens (including phenoxy) is 1. The van der Waals surface area contributed by atoms with Crippen LogP contribution in [0.5, 0.6) is 5.75 Å². The highest BCUT2D eigenvalue weighted by atomic mass is 16.5. The predicted octanol–water partition coefficient (Wildman–Crippen LogP) is 2.35. The summed E-state index contributed by atoms with van der Waals surface area (Å²) in [5.41, 5.74) is 2.07. The molecule has 0 N–H and O–H groups in total. The molecule has 2 aromatic rings. The van der Waals surface area contributed by atoms with Gasteiger partial charge in [0.1, 0.15) is 17.8 Å². The van der Waals surface area contributed by atoms with Gasteiger partial charge in [-0.05, 0) is 32.6 Å². The predicted molar refractivity (Wildman–Crippen MR) is 99.7 cm³/mol. The molecule has 2 bridgehead atoms. The van der Waals surface area contributed by atoms with Crippen molar-refractivity contribution < 1.29 is 13.7 Å². The molecule has 3 saturated heterocycles. The molecule has 0 radical (unpaired) electrons. The Labute approximate surface area is 158 Å². The first-order valence-corrected chi connectivity index (χ1v) is 9.57. The minimum Gasteiger partial charge on any atom is -0.490 e. The lowest BCUT2D eigenvalue weighted by Gasteiger charge is -2.35. The maximum absolute atomic E-state index is 12.0. The molecule has 0 unspecified atom stereocenters. The molecular formula is C20H27N3O4. The second-order valence-electron chi connectivity index (χ2n) is 7.80. The minimum atomic E-state index is -0.126. The lowest BCUT2D eigenvalue weighted by Crippen LogP contribution is -2.43. The van der Waals surface area contributed by atoms with E-state index in [-0.39, 0.29) is 11.2 Å². The fourth-order valence-electron chi connectivity index (χ4n) is 4.42. The van der Waals surface area contributed by atoms with Gasteiger partial charge in [0.05, 0.1) is 19.3 Å². The van der Waals surface area contributed by atoms with Gasteiger partial charge < -0.3 is 13.7 Å². The van der Waals surface area contributed by atoms with E-state index in [2.05, 4.69) is 15.0 Å². The molecule has 7 nitrogen and oxygen atoms in total.